The predicted molar refractivity (Wildman–Crippen MR) is 121 cm³/mol. The SMILES string of the molecule is COc1cc(NC(=O)COC(=O)c2nn(-c3ccccc3)c3c2CCC3)cc(OC)c1OC. The number of carbonyl (C=O) groups excluding carboxylic acids is 2. The molecule has 0 aliphatic heterocycles. The van der Waals surface area contributed by atoms with Crippen LogP contribution in [0.5, 0.6) is 17.2 Å². The number of nitrogens with zero attached hydrogens (tertiary/aromatic N) is 2. The van der Waals surface area contributed by atoms with E-state index in [0.717, 1.165) is 36.2 Å². The highest BCUT2D eigenvalue weighted by Crippen LogP contribution is 2.39. The standard InChI is InChI=1S/C24H25N3O6/c1-30-19-12-15(13-20(31-2)23(19)32-3)25-21(28)14-33-24(29)22-17-10-7-11-18(17)27(26-22)16-8-5-4-6-9-16/h4-6,8-9,12-13H,7,10-11,14H2,1-3H3,(H,25,28). The predicted octanol–water partition coefficient (Wildman–Crippen LogP) is 3.18. The summed E-state index contributed by atoms with van der Waals surface area (Å²) in [5.74, 6) is 0.0734. The van der Waals surface area contributed by atoms with E-state index >= 15 is 0 Å². The number of ether oxygens (including phenoxy) is 4. The maximum atomic E-state index is 12.8. The van der Waals surface area contributed by atoms with E-state index in [4.69, 9.17) is 18.9 Å². The molecule has 2 aromatic carbocycles. The van der Waals surface area contributed by atoms with Crippen LogP contribution in [0.1, 0.15) is 28.2 Å². The third-order valence-corrected chi connectivity index (χ3v) is 5.41. The first-order chi connectivity index (χ1) is 16.0. The van der Waals surface area contributed by atoms with E-state index in [1.165, 1.54) is 21.3 Å². The van der Waals surface area contributed by atoms with Crippen molar-refractivity contribution in [2.45, 2.75) is 19.3 Å². The van der Waals surface area contributed by atoms with E-state index in [0.29, 0.717) is 22.9 Å². The van der Waals surface area contributed by atoms with Crippen molar-refractivity contribution >= 4 is 17.6 Å². The van der Waals surface area contributed by atoms with Gasteiger partial charge < -0.3 is 24.3 Å². The van der Waals surface area contributed by atoms with Crippen molar-refractivity contribution in [1.82, 2.24) is 9.78 Å². The van der Waals surface area contributed by atoms with Crippen LogP contribution in [-0.2, 0) is 22.4 Å². The molecule has 9 heteroatoms. The Hall–Kier alpha value is -4.01. The van der Waals surface area contributed by atoms with Gasteiger partial charge in [-0.3, -0.25) is 4.79 Å². The van der Waals surface area contributed by atoms with Gasteiger partial charge in [0.25, 0.3) is 5.91 Å². The van der Waals surface area contributed by atoms with Gasteiger partial charge >= 0.3 is 5.97 Å². The Morgan fingerprint density at radius 3 is 2.33 bits per heavy atom. The third kappa shape index (κ3) is 4.48. The monoisotopic (exact) mass is 451 g/mol. The Balaban J connectivity index is 1.45. The first-order valence-corrected chi connectivity index (χ1v) is 10.5. The fourth-order valence-electron chi connectivity index (χ4n) is 3.93. The summed E-state index contributed by atoms with van der Waals surface area (Å²) in [5.41, 5.74) is 3.45. The summed E-state index contributed by atoms with van der Waals surface area (Å²) in [5, 5.41) is 7.17. The minimum atomic E-state index is -0.622. The number of benzene rings is 2. The van der Waals surface area contributed by atoms with Crippen LogP contribution in [0.15, 0.2) is 42.5 Å². The van der Waals surface area contributed by atoms with E-state index in [-0.39, 0.29) is 5.69 Å². The second kappa shape index (κ2) is 9.64. The second-order valence-corrected chi connectivity index (χ2v) is 7.41. The minimum Gasteiger partial charge on any atom is -0.493 e. The lowest BCUT2D eigenvalue weighted by molar-refractivity contribution is -0.119. The van der Waals surface area contributed by atoms with Crippen molar-refractivity contribution in [3.05, 3.63) is 59.4 Å². The van der Waals surface area contributed by atoms with E-state index < -0.39 is 18.5 Å². The highest BCUT2D eigenvalue weighted by atomic mass is 16.5. The molecule has 0 saturated carbocycles. The smallest absolute Gasteiger partial charge is 0.359 e. The molecule has 0 fully saturated rings. The van der Waals surface area contributed by atoms with Gasteiger partial charge in [0.1, 0.15) is 0 Å². The quantitative estimate of drug-likeness (QED) is 0.525. The van der Waals surface area contributed by atoms with Gasteiger partial charge in [-0.1, -0.05) is 18.2 Å². The van der Waals surface area contributed by atoms with E-state index in [1.807, 2.05) is 30.3 Å². The van der Waals surface area contributed by atoms with Crippen LogP contribution in [0.4, 0.5) is 5.69 Å². The summed E-state index contributed by atoms with van der Waals surface area (Å²) in [6.45, 7) is -0.456. The number of nitrogens with one attached hydrogen (secondary N) is 1. The molecule has 4 rings (SSSR count). The van der Waals surface area contributed by atoms with E-state index in [9.17, 15) is 9.59 Å². The van der Waals surface area contributed by atoms with Gasteiger partial charge in [0.05, 0.1) is 27.0 Å². The molecule has 1 N–H and O–H groups in total. The number of fused-ring (bicyclic) bond motifs is 1. The van der Waals surface area contributed by atoms with Gasteiger partial charge in [-0.2, -0.15) is 5.10 Å². The maximum absolute atomic E-state index is 12.8. The summed E-state index contributed by atoms with van der Waals surface area (Å²) < 4.78 is 22.9. The number of hydrogen-bond acceptors (Lipinski definition) is 7. The molecule has 1 aliphatic rings. The molecule has 172 valence electrons. The Bertz CT molecular complexity index is 1150. The highest BCUT2D eigenvalue weighted by molar-refractivity contribution is 5.96. The topological polar surface area (TPSA) is 101 Å². The van der Waals surface area contributed by atoms with E-state index in [2.05, 4.69) is 10.4 Å². The lowest BCUT2D eigenvalue weighted by Crippen LogP contribution is -2.21. The molecular formula is C24H25N3O6. The Morgan fingerprint density at radius 2 is 1.70 bits per heavy atom. The average Bonchev–Trinajstić information content (AvgIpc) is 3.45. The van der Waals surface area contributed by atoms with Gasteiger partial charge in [-0.15, -0.1) is 0 Å². The van der Waals surface area contributed by atoms with Crippen LogP contribution < -0.4 is 19.5 Å². The zero-order valence-corrected chi connectivity index (χ0v) is 18.7. The molecule has 1 amide bonds. The molecule has 9 nitrogen and oxygen atoms in total. The molecule has 0 atom stereocenters. The summed E-state index contributed by atoms with van der Waals surface area (Å²) >= 11 is 0. The number of amides is 1. The Kier molecular flexibility index (Phi) is 6.48. The van der Waals surface area contributed by atoms with Crippen LogP contribution in [0.25, 0.3) is 5.69 Å². The van der Waals surface area contributed by atoms with Crippen LogP contribution in [0.3, 0.4) is 0 Å². The lowest BCUT2D eigenvalue weighted by Gasteiger charge is -2.14. The Morgan fingerprint density at radius 1 is 1.00 bits per heavy atom. The van der Waals surface area contributed by atoms with Crippen molar-refractivity contribution in [1.29, 1.82) is 0 Å². The van der Waals surface area contributed by atoms with Crippen LogP contribution in [0, 0.1) is 0 Å². The van der Waals surface area contributed by atoms with E-state index in [1.54, 1.807) is 16.8 Å². The molecule has 1 aliphatic carbocycles. The molecule has 0 bridgehead atoms. The minimum absolute atomic E-state index is 0.256. The average molecular weight is 451 g/mol. The summed E-state index contributed by atoms with van der Waals surface area (Å²) in [6.07, 6.45) is 2.54. The van der Waals surface area contributed by atoms with Crippen LogP contribution in [-0.4, -0.2) is 49.6 Å². The molecule has 0 spiro atoms. The maximum Gasteiger partial charge on any atom is 0.359 e. The molecule has 0 radical (unpaired) electrons. The first-order valence-electron chi connectivity index (χ1n) is 10.5. The first kappa shape index (κ1) is 22.2. The molecule has 33 heavy (non-hydrogen) atoms. The number of esters is 1. The van der Waals surface area contributed by atoms with Gasteiger partial charge in [-0.05, 0) is 31.4 Å². The summed E-state index contributed by atoms with van der Waals surface area (Å²) in [7, 11) is 4.46. The van der Waals surface area contributed by atoms with Gasteiger partial charge in [0.2, 0.25) is 5.75 Å². The molecule has 0 saturated heterocycles. The zero-order valence-electron chi connectivity index (χ0n) is 18.7. The fraction of sp³-hybridized carbons (Fsp3) is 0.292. The summed E-state index contributed by atoms with van der Waals surface area (Å²) in [4.78, 5) is 25.2. The normalized spacial score (nSPS) is 12.1. The zero-order chi connectivity index (χ0) is 23.4. The van der Waals surface area contributed by atoms with Crippen molar-refractivity contribution in [3.8, 4) is 22.9 Å². The molecule has 1 heterocycles. The molecule has 3 aromatic rings. The lowest BCUT2D eigenvalue weighted by atomic mass is 10.2. The third-order valence-electron chi connectivity index (χ3n) is 5.41. The van der Waals surface area contributed by atoms with Crippen molar-refractivity contribution in [2.24, 2.45) is 0 Å². The number of rotatable bonds is 8. The number of carbonyl (C=O) groups is 2. The fourth-order valence-corrected chi connectivity index (χ4v) is 3.93. The largest absolute Gasteiger partial charge is 0.493 e. The highest BCUT2D eigenvalue weighted by Gasteiger charge is 2.28. The number of para-hydroxylation sites is 1. The van der Waals surface area contributed by atoms with Gasteiger partial charge in [0, 0.05) is 29.1 Å². The molecule has 1 aromatic heterocycles. The van der Waals surface area contributed by atoms with Crippen LogP contribution in [0.2, 0.25) is 0 Å². The second-order valence-electron chi connectivity index (χ2n) is 7.41. The van der Waals surface area contributed by atoms with Crippen molar-refractivity contribution in [2.75, 3.05) is 33.3 Å². The van der Waals surface area contributed by atoms with Crippen molar-refractivity contribution < 1.29 is 28.5 Å². The van der Waals surface area contributed by atoms with Crippen molar-refractivity contribution in [3.63, 3.8) is 0 Å². The number of methoxy groups -OCH3 is 3. The number of aromatic nitrogens is 2. The van der Waals surface area contributed by atoms with Gasteiger partial charge in [-0.25, -0.2) is 9.48 Å². The summed E-state index contributed by atoms with van der Waals surface area (Å²) in [6, 6.07) is 12.8. The molecular weight excluding hydrogens is 426 g/mol. The van der Waals surface area contributed by atoms with Gasteiger partial charge in [0.15, 0.2) is 23.8 Å². The molecule has 0 unspecified atom stereocenters. The van der Waals surface area contributed by atoms with Crippen LogP contribution >= 0.6 is 0 Å². The number of anilines is 1. The number of hydrogen-bond donors (Lipinski definition) is 1. The Labute approximate surface area is 191 Å².